The molecule has 0 heterocycles. The molecular weight excluding hydrogens is 290 g/mol. The third-order valence-corrected chi connectivity index (χ3v) is 2.95. The van der Waals surface area contributed by atoms with E-state index in [1.807, 2.05) is 0 Å². The van der Waals surface area contributed by atoms with Gasteiger partial charge < -0.3 is 10.6 Å². The van der Waals surface area contributed by atoms with E-state index < -0.39 is 6.04 Å². The van der Waals surface area contributed by atoms with Crippen LogP contribution in [0.5, 0.6) is 0 Å². The number of carbonyl (C=O) groups excluding carboxylic acids is 1. The predicted molar refractivity (Wildman–Crippen MR) is 87.2 cm³/mol. The molecule has 0 saturated heterocycles. The zero-order valence-corrected chi connectivity index (χ0v) is 12.8. The van der Waals surface area contributed by atoms with Gasteiger partial charge in [-0.15, -0.1) is 0 Å². The van der Waals surface area contributed by atoms with Gasteiger partial charge in [0.05, 0.1) is 5.71 Å². The highest BCUT2D eigenvalue weighted by atomic mass is 32.1. The lowest BCUT2D eigenvalue weighted by Gasteiger charge is -2.16. The van der Waals surface area contributed by atoms with E-state index in [9.17, 15) is 9.70 Å². The summed E-state index contributed by atoms with van der Waals surface area (Å²) in [6.07, 6.45) is 0. The highest BCUT2D eigenvalue weighted by molar-refractivity contribution is 7.80. The fraction of sp³-hybridized carbons (Fsp3) is 0.308. The van der Waals surface area contributed by atoms with E-state index in [1.54, 1.807) is 38.2 Å². The van der Waals surface area contributed by atoms with E-state index in [0.29, 0.717) is 11.3 Å². The molecule has 0 aliphatic heterocycles. The predicted octanol–water partition coefficient (Wildman–Crippen LogP) is 1.36. The fourth-order valence-electron chi connectivity index (χ4n) is 1.60. The maximum atomic E-state index is 11.3. The number of hydrogen-bond acceptors (Lipinski definition) is 5. The molecule has 1 aromatic rings. The number of anilines is 1. The van der Waals surface area contributed by atoms with E-state index in [-0.39, 0.29) is 11.0 Å². The van der Waals surface area contributed by atoms with E-state index in [1.165, 1.54) is 11.8 Å². The lowest BCUT2D eigenvalue weighted by molar-refractivity contribution is -0.116. The molecule has 112 valence electrons. The number of benzene rings is 1. The summed E-state index contributed by atoms with van der Waals surface area (Å²) >= 11 is 4.68. The fourth-order valence-corrected chi connectivity index (χ4v) is 1.65. The Morgan fingerprint density at radius 1 is 1.38 bits per heavy atom. The summed E-state index contributed by atoms with van der Waals surface area (Å²) in [7, 11) is 1.68. The Hall–Kier alpha value is -2.35. The SMILES string of the molecule is CC(=O)N(C)c1ccc(C(=NNC(N)=S)C(C)N=O)cc1. The van der Waals surface area contributed by atoms with Crippen molar-refractivity contribution in [2.24, 2.45) is 16.0 Å². The van der Waals surface area contributed by atoms with E-state index >= 15 is 0 Å². The van der Waals surface area contributed by atoms with Crippen molar-refractivity contribution in [2.75, 3.05) is 11.9 Å². The molecule has 0 bridgehead atoms. The molecule has 0 aromatic heterocycles. The number of nitrogens with two attached hydrogens (primary N) is 1. The molecular formula is C13H17N5O2S. The van der Waals surface area contributed by atoms with Crippen LogP contribution < -0.4 is 16.1 Å². The van der Waals surface area contributed by atoms with Gasteiger partial charge in [0.25, 0.3) is 0 Å². The van der Waals surface area contributed by atoms with Crippen molar-refractivity contribution < 1.29 is 4.79 Å². The Morgan fingerprint density at radius 2 is 1.95 bits per heavy atom. The topological polar surface area (TPSA) is 100 Å². The molecule has 8 heteroatoms. The average Bonchev–Trinajstić information content (AvgIpc) is 2.46. The van der Waals surface area contributed by atoms with Crippen molar-refractivity contribution in [2.45, 2.75) is 19.9 Å². The van der Waals surface area contributed by atoms with Crippen LogP contribution in [0, 0.1) is 4.91 Å². The number of carbonyl (C=O) groups is 1. The number of nitrogens with zero attached hydrogens (tertiary/aromatic N) is 3. The molecule has 0 aliphatic carbocycles. The Balaban J connectivity index is 3.09. The number of nitroso groups, excluding NO2 is 1. The molecule has 3 N–H and O–H groups in total. The summed E-state index contributed by atoms with van der Waals surface area (Å²) in [4.78, 5) is 23.6. The molecule has 0 saturated carbocycles. The van der Waals surface area contributed by atoms with Crippen molar-refractivity contribution in [3.8, 4) is 0 Å². The van der Waals surface area contributed by atoms with Gasteiger partial charge in [-0.25, -0.2) is 0 Å². The lowest BCUT2D eigenvalue weighted by atomic mass is 10.0. The van der Waals surface area contributed by atoms with Gasteiger partial charge in [0.2, 0.25) is 5.91 Å². The quantitative estimate of drug-likeness (QED) is 0.370. The van der Waals surface area contributed by atoms with Crippen LogP contribution in [0.25, 0.3) is 0 Å². The Bertz CT molecular complexity index is 570. The zero-order valence-electron chi connectivity index (χ0n) is 12.0. The minimum atomic E-state index is -0.664. The summed E-state index contributed by atoms with van der Waals surface area (Å²) in [5.74, 6) is -0.0743. The summed E-state index contributed by atoms with van der Waals surface area (Å²) < 4.78 is 0. The third kappa shape index (κ3) is 4.60. The number of amides is 1. The van der Waals surface area contributed by atoms with Crippen molar-refractivity contribution in [3.05, 3.63) is 34.7 Å². The van der Waals surface area contributed by atoms with Gasteiger partial charge in [-0.2, -0.15) is 10.0 Å². The highest BCUT2D eigenvalue weighted by Crippen LogP contribution is 2.16. The summed E-state index contributed by atoms with van der Waals surface area (Å²) in [5, 5.41) is 6.96. The number of thiocarbonyl (C=S) groups is 1. The third-order valence-electron chi connectivity index (χ3n) is 2.86. The van der Waals surface area contributed by atoms with Crippen LogP contribution in [0.2, 0.25) is 0 Å². The second-order valence-electron chi connectivity index (χ2n) is 4.38. The molecule has 0 spiro atoms. The normalized spacial score (nSPS) is 12.4. The van der Waals surface area contributed by atoms with Crippen LogP contribution in [0.1, 0.15) is 19.4 Å². The van der Waals surface area contributed by atoms with Crippen LogP contribution >= 0.6 is 12.2 Å². The first kappa shape index (κ1) is 16.7. The highest BCUT2D eigenvalue weighted by Gasteiger charge is 2.15. The Kier molecular flexibility index (Phi) is 5.92. The molecule has 0 aliphatic rings. The molecule has 1 aromatic carbocycles. The average molecular weight is 307 g/mol. The molecule has 1 amide bonds. The minimum absolute atomic E-state index is 0.00136. The number of hydrazone groups is 1. The van der Waals surface area contributed by atoms with E-state index in [0.717, 1.165) is 5.69 Å². The molecule has 1 unspecified atom stereocenters. The Labute approximate surface area is 128 Å². The van der Waals surface area contributed by atoms with Gasteiger partial charge in [0.15, 0.2) is 5.11 Å². The van der Waals surface area contributed by atoms with Crippen molar-refractivity contribution >= 4 is 34.6 Å². The van der Waals surface area contributed by atoms with Crippen molar-refractivity contribution in [1.82, 2.24) is 5.43 Å². The molecule has 0 radical (unpaired) electrons. The zero-order chi connectivity index (χ0) is 16.0. The van der Waals surface area contributed by atoms with E-state index in [2.05, 4.69) is 27.9 Å². The maximum absolute atomic E-state index is 11.3. The molecule has 21 heavy (non-hydrogen) atoms. The maximum Gasteiger partial charge on any atom is 0.223 e. The monoisotopic (exact) mass is 307 g/mol. The van der Waals surface area contributed by atoms with Crippen molar-refractivity contribution in [1.29, 1.82) is 0 Å². The smallest absolute Gasteiger partial charge is 0.223 e. The summed E-state index contributed by atoms with van der Waals surface area (Å²) in [6, 6.07) is 6.34. The molecule has 1 rings (SSSR count). The largest absolute Gasteiger partial charge is 0.375 e. The van der Waals surface area contributed by atoms with Crippen LogP contribution in [0.3, 0.4) is 0 Å². The number of hydrogen-bond donors (Lipinski definition) is 2. The van der Waals surface area contributed by atoms with Gasteiger partial charge in [0.1, 0.15) is 6.04 Å². The summed E-state index contributed by atoms with van der Waals surface area (Å²) in [6.45, 7) is 3.09. The molecule has 7 nitrogen and oxygen atoms in total. The number of nitrogens with one attached hydrogen (secondary N) is 1. The van der Waals surface area contributed by atoms with Crippen LogP contribution in [-0.4, -0.2) is 29.8 Å². The lowest BCUT2D eigenvalue weighted by Crippen LogP contribution is -2.28. The molecule has 0 fully saturated rings. The van der Waals surface area contributed by atoms with Crippen LogP contribution in [0.15, 0.2) is 34.5 Å². The van der Waals surface area contributed by atoms with Gasteiger partial charge in [0, 0.05) is 25.2 Å². The first-order valence-electron chi connectivity index (χ1n) is 6.17. The first-order valence-corrected chi connectivity index (χ1v) is 6.57. The van der Waals surface area contributed by atoms with Gasteiger partial charge in [-0.3, -0.25) is 10.2 Å². The standard InChI is InChI=1S/C13H17N5O2S/c1-8(17-20)12(15-16-13(14)21)10-4-6-11(7-5-10)18(3)9(2)19/h4-8H,1-3H3,(H3,14,16,21). The second-order valence-corrected chi connectivity index (χ2v) is 4.82. The first-order chi connectivity index (χ1) is 9.86. The van der Waals surface area contributed by atoms with Gasteiger partial charge >= 0.3 is 0 Å². The van der Waals surface area contributed by atoms with Crippen molar-refractivity contribution in [3.63, 3.8) is 0 Å². The van der Waals surface area contributed by atoms with Crippen LogP contribution in [-0.2, 0) is 4.79 Å². The molecule has 1 atom stereocenters. The second kappa shape index (κ2) is 7.44. The van der Waals surface area contributed by atoms with Gasteiger partial charge in [-0.1, -0.05) is 17.3 Å². The minimum Gasteiger partial charge on any atom is -0.375 e. The summed E-state index contributed by atoms with van der Waals surface area (Å²) in [5.41, 5.74) is 9.60. The Morgan fingerprint density at radius 3 is 2.38 bits per heavy atom. The van der Waals surface area contributed by atoms with E-state index in [4.69, 9.17) is 5.73 Å². The number of rotatable bonds is 5. The van der Waals surface area contributed by atoms with Gasteiger partial charge in [-0.05, 0) is 31.3 Å². The van der Waals surface area contributed by atoms with Crippen LogP contribution in [0.4, 0.5) is 5.69 Å².